The van der Waals surface area contributed by atoms with Crippen LogP contribution in [0, 0.1) is 5.82 Å². The van der Waals surface area contributed by atoms with Crippen molar-refractivity contribution in [2.75, 3.05) is 5.32 Å². The van der Waals surface area contributed by atoms with Crippen LogP contribution in [0.5, 0.6) is 0 Å². The van der Waals surface area contributed by atoms with Gasteiger partial charge in [-0.05, 0) is 30.3 Å². The number of urea groups is 1. The number of rotatable bonds is 2. The molecule has 2 aromatic rings. The third kappa shape index (κ3) is 3.96. The highest BCUT2D eigenvalue weighted by atomic mass is 35.5. The van der Waals surface area contributed by atoms with Crippen molar-refractivity contribution in [2.24, 2.45) is 0 Å². The topological polar surface area (TPSA) is 58.2 Å². The predicted octanol–water partition coefficient (Wildman–Crippen LogP) is 3.73. The van der Waals surface area contributed by atoms with Gasteiger partial charge in [-0.15, -0.1) is 12.6 Å². The molecular weight excluding hydrogens is 315 g/mol. The lowest BCUT2D eigenvalue weighted by molar-refractivity contribution is 0.0967. The molecule has 0 aromatic heterocycles. The molecule has 4 nitrogen and oxygen atoms in total. The highest BCUT2D eigenvalue weighted by Crippen LogP contribution is 2.18. The molecule has 0 bridgehead atoms. The summed E-state index contributed by atoms with van der Waals surface area (Å²) in [5.41, 5.74) is 0.0951. The lowest BCUT2D eigenvalue weighted by atomic mass is 10.2. The lowest BCUT2D eigenvalue weighted by Gasteiger charge is -2.08. The van der Waals surface area contributed by atoms with Gasteiger partial charge < -0.3 is 5.32 Å². The number of hydrogen-bond donors (Lipinski definition) is 3. The van der Waals surface area contributed by atoms with E-state index < -0.39 is 17.8 Å². The number of halogens is 2. The van der Waals surface area contributed by atoms with E-state index in [1.54, 1.807) is 12.1 Å². The Kier molecular flexibility index (Phi) is 4.82. The molecule has 0 fully saturated rings. The summed E-state index contributed by atoms with van der Waals surface area (Å²) in [5, 5.41) is 4.52. The molecule has 0 aliphatic heterocycles. The maximum absolute atomic E-state index is 13.5. The van der Waals surface area contributed by atoms with Gasteiger partial charge in [0.2, 0.25) is 0 Å². The van der Waals surface area contributed by atoms with Crippen LogP contribution in [0.1, 0.15) is 10.4 Å². The molecule has 0 saturated heterocycles. The van der Waals surface area contributed by atoms with Gasteiger partial charge in [0.25, 0.3) is 5.91 Å². The molecular formula is C14H10ClFN2O2S. The monoisotopic (exact) mass is 324 g/mol. The van der Waals surface area contributed by atoms with E-state index in [1.807, 2.05) is 0 Å². The van der Waals surface area contributed by atoms with Gasteiger partial charge in [-0.25, -0.2) is 9.18 Å². The molecule has 0 heterocycles. The largest absolute Gasteiger partial charge is 0.326 e. The van der Waals surface area contributed by atoms with Crippen LogP contribution in [0.4, 0.5) is 14.9 Å². The van der Waals surface area contributed by atoms with Gasteiger partial charge in [-0.3, -0.25) is 10.1 Å². The second-order valence-corrected chi connectivity index (χ2v) is 4.98. The summed E-state index contributed by atoms with van der Waals surface area (Å²) in [4.78, 5) is 23.9. The molecule has 0 unspecified atom stereocenters. The third-order valence-electron chi connectivity index (χ3n) is 2.55. The fourth-order valence-electron chi connectivity index (χ4n) is 1.57. The van der Waals surface area contributed by atoms with Crippen LogP contribution in [0.15, 0.2) is 47.4 Å². The van der Waals surface area contributed by atoms with Crippen LogP contribution < -0.4 is 10.6 Å². The standard InChI is InChI=1S/C14H10ClFN2O2S/c15-10-4-2-1-3-9(10)13(19)18-14(20)17-12-6-5-8(21)7-11(12)16/h1-7,21H,(H2,17,18,19,20). The van der Waals surface area contributed by atoms with E-state index in [0.717, 1.165) is 6.07 Å². The van der Waals surface area contributed by atoms with Crippen molar-refractivity contribution in [3.63, 3.8) is 0 Å². The van der Waals surface area contributed by atoms with Crippen molar-refractivity contribution in [2.45, 2.75) is 4.90 Å². The van der Waals surface area contributed by atoms with Crippen LogP contribution in [-0.4, -0.2) is 11.9 Å². The predicted molar refractivity (Wildman–Crippen MR) is 81.6 cm³/mol. The number of benzene rings is 2. The zero-order valence-electron chi connectivity index (χ0n) is 10.6. The Bertz CT molecular complexity index is 709. The number of carbonyl (C=O) groups is 2. The quantitative estimate of drug-likeness (QED) is 0.737. The molecule has 0 aliphatic carbocycles. The number of anilines is 1. The number of imide groups is 1. The minimum atomic E-state index is -0.856. The molecule has 3 amide bonds. The Morgan fingerprint density at radius 1 is 1.14 bits per heavy atom. The average molecular weight is 325 g/mol. The summed E-state index contributed by atoms with van der Waals surface area (Å²) < 4.78 is 13.5. The van der Waals surface area contributed by atoms with E-state index in [2.05, 4.69) is 23.3 Å². The number of carbonyl (C=O) groups excluding carboxylic acids is 2. The lowest BCUT2D eigenvalue weighted by Crippen LogP contribution is -2.34. The second kappa shape index (κ2) is 6.60. The number of thiol groups is 1. The molecule has 0 saturated carbocycles. The van der Waals surface area contributed by atoms with Gasteiger partial charge in [-0.2, -0.15) is 0 Å². The van der Waals surface area contributed by atoms with Crippen molar-refractivity contribution < 1.29 is 14.0 Å². The molecule has 0 spiro atoms. The Balaban J connectivity index is 2.05. The first-order valence-corrected chi connectivity index (χ1v) is 6.65. The first-order valence-electron chi connectivity index (χ1n) is 5.83. The number of nitrogens with one attached hydrogen (secondary N) is 2. The van der Waals surface area contributed by atoms with Crippen molar-refractivity contribution in [3.05, 3.63) is 58.9 Å². The van der Waals surface area contributed by atoms with Crippen molar-refractivity contribution >= 4 is 41.9 Å². The molecule has 2 rings (SSSR count). The van der Waals surface area contributed by atoms with Crippen LogP contribution in [0.3, 0.4) is 0 Å². The third-order valence-corrected chi connectivity index (χ3v) is 3.15. The van der Waals surface area contributed by atoms with E-state index in [1.165, 1.54) is 24.3 Å². The first kappa shape index (κ1) is 15.3. The normalized spacial score (nSPS) is 10.0. The van der Waals surface area contributed by atoms with Gasteiger partial charge in [0.1, 0.15) is 5.82 Å². The Morgan fingerprint density at radius 2 is 1.86 bits per heavy atom. The van der Waals surface area contributed by atoms with E-state index in [0.29, 0.717) is 4.90 Å². The summed E-state index contributed by atoms with van der Waals surface area (Å²) in [7, 11) is 0. The molecule has 2 aromatic carbocycles. The molecule has 2 N–H and O–H groups in total. The first-order chi connectivity index (χ1) is 9.97. The Labute approximate surface area is 130 Å². The van der Waals surface area contributed by atoms with E-state index in [4.69, 9.17) is 11.6 Å². The minimum Gasteiger partial charge on any atom is -0.305 e. The van der Waals surface area contributed by atoms with Crippen molar-refractivity contribution in [3.8, 4) is 0 Å². The van der Waals surface area contributed by atoms with Crippen LogP contribution in [-0.2, 0) is 0 Å². The Morgan fingerprint density at radius 3 is 2.52 bits per heavy atom. The summed E-state index contributed by atoms with van der Waals surface area (Å²) in [6.45, 7) is 0. The molecule has 0 atom stereocenters. The molecule has 0 aliphatic rings. The van der Waals surface area contributed by atoms with E-state index in [-0.39, 0.29) is 16.3 Å². The van der Waals surface area contributed by atoms with Gasteiger partial charge >= 0.3 is 6.03 Å². The highest BCUT2D eigenvalue weighted by Gasteiger charge is 2.14. The summed E-state index contributed by atoms with van der Waals surface area (Å²) in [6, 6.07) is 9.42. The van der Waals surface area contributed by atoms with E-state index in [9.17, 15) is 14.0 Å². The van der Waals surface area contributed by atoms with Crippen molar-refractivity contribution in [1.82, 2.24) is 5.32 Å². The summed E-state index contributed by atoms with van der Waals surface area (Å²) in [5.74, 6) is -1.33. The maximum Gasteiger partial charge on any atom is 0.326 e. The van der Waals surface area contributed by atoms with Gasteiger partial charge in [0.05, 0.1) is 16.3 Å². The zero-order chi connectivity index (χ0) is 15.4. The van der Waals surface area contributed by atoms with Crippen LogP contribution >= 0.6 is 24.2 Å². The molecule has 0 radical (unpaired) electrons. The smallest absolute Gasteiger partial charge is 0.305 e. The highest BCUT2D eigenvalue weighted by molar-refractivity contribution is 7.80. The van der Waals surface area contributed by atoms with Crippen LogP contribution in [0.25, 0.3) is 0 Å². The minimum absolute atomic E-state index is 0.0581. The fraction of sp³-hybridized carbons (Fsp3) is 0. The van der Waals surface area contributed by atoms with Gasteiger partial charge in [-0.1, -0.05) is 23.7 Å². The van der Waals surface area contributed by atoms with E-state index >= 15 is 0 Å². The summed E-state index contributed by atoms with van der Waals surface area (Å²) in [6.07, 6.45) is 0. The number of amides is 3. The second-order valence-electron chi connectivity index (χ2n) is 4.05. The van der Waals surface area contributed by atoms with Crippen molar-refractivity contribution in [1.29, 1.82) is 0 Å². The maximum atomic E-state index is 13.5. The van der Waals surface area contributed by atoms with Gasteiger partial charge in [0, 0.05) is 4.90 Å². The average Bonchev–Trinajstić information content (AvgIpc) is 2.42. The Hall–Kier alpha value is -2.05. The fourth-order valence-corrected chi connectivity index (χ4v) is 1.98. The molecule has 7 heteroatoms. The van der Waals surface area contributed by atoms with Gasteiger partial charge in [0.15, 0.2) is 0 Å². The number of hydrogen-bond acceptors (Lipinski definition) is 3. The molecule has 108 valence electrons. The summed E-state index contributed by atoms with van der Waals surface area (Å²) >= 11 is 9.81. The SMILES string of the molecule is O=C(NC(=O)c1ccccc1Cl)Nc1ccc(S)cc1F. The molecule has 21 heavy (non-hydrogen) atoms. The zero-order valence-corrected chi connectivity index (χ0v) is 12.2. The van der Waals surface area contributed by atoms with Crippen LogP contribution in [0.2, 0.25) is 5.02 Å².